The number of methoxy groups -OCH3 is 1. The summed E-state index contributed by atoms with van der Waals surface area (Å²) in [6.45, 7) is 9.08. The van der Waals surface area contributed by atoms with Gasteiger partial charge in [0, 0.05) is 42.5 Å². The van der Waals surface area contributed by atoms with Crippen LogP contribution in [0.2, 0.25) is 0 Å². The molecule has 9 nitrogen and oxygen atoms in total. The van der Waals surface area contributed by atoms with Crippen molar-refractivity contribution in [1.82, 2.24) is 19.9 Å². The molecule has 3 heterocycles. The van der Waals surface area contributed by atoms with Crippen molar-refractivity contribution in [3.8, 4) is 23.0 Å². The van der Waals surface area contributed by atoms with Gasteiger partial charge in [0.2, 0.25) is 0 Å². The summed E-state index contributed by atoms with van der Waals surface area (Å²) < 4.78 is 23.2. The highest BCUT2D eigenvalue weighted by molar-refractivity contribution is 5.93. The summed E-state index contributed by atoms with van der Waals surface area (Å²) in [5.41, 5.74) is 3.59. The Labute approximate surface area is 222 Å². The Hall–Kier alpha value is -3.95. The fourth-order valence-electron chi connectivity index (χ4n) is 4.35. The maximum atomic E-state index is 6.14. The summed E-state index contributed by atoms with van der Waals surface area (Å²) >= 11 is 0. The number of ether oxygens (including phenoxy) is 4. The minimum Gasteiger partial charge on any atom is -0.493 e. The highest BCUT2D eigenvalue weighted by Crippen LogP contribution is 2.35. The van der Waals surface area contributed by atoms with Crippen molar-refractivity contribution in [2.45, 2.75) is 20.3 Å². The first-order valence-electron chi connectivity index (χ1n) is 12.8. The normalized spacial score (nSPS) is 13.9. The Morgan fingerprint density at radius 2 is 1.82 bits per heavy atom. The number of hydrogen-bond donors (Lipinski definition) is 1. The number of morpholine rings is 1. The van der Waals surface area contributed by atoms with Crippen LogP contribution in [0.25, 0.3) is 10.9 Å². The van der Waals surface area contributed by atoms with Gasteiger partial charge >= 0.3 is 0 Å². The number of anilines is 2. The molecule has 0 saturated carbocycles. The van der Waals surface area contributed by atoms with Crippen molar-refractivity contribution in [3.05, 3.63) is 66.2 Å². The molecule has 1 aliphatic rings. The number of nitrogens with one attached hydrogen (secondary N) is 1. The van der Waals surface area contributed by atoms with E-state index in [4.69, 9.17) is 18.9 Å². The van der Waals surface area contributed by atoms with E-state index in [-0.39, 0.29) is 0 Å². The van der Waals surface area contributed by atoms with Crippen molar-refractivity contribution in [2.75, 3.05) is 51.9 Å². The van der Waals surface area contributed by atoms with Crippen LogP contribution in [0.3, 0.4) is 0 Å². The molecule has 0 spiro atoms. The molecule has 1 aliphatic heterocycles. The molecule has 0 bridgehead atoms. The molecular weight excluding hydrogens is 482 g/mol. The van der Waals surface area contributed by atoms with Crippen molar-refractivity contribution < 1.29 is 18.9 Å². The number of hydrogen-bond acceptors (Lipinski definition) is 9. The first kappa shape index (κ1) is 25.7. The molecule has 0 unspecified atom stereocenters. The summed E-state index contributed by atoms with van der Waals surface area (Å²) in [5, 5.41) is 4.27. The van der Waals surface area contributed by atoms with Crippen LogP contribution in [0.15, 0.2) is 55.0 Å². The van der Waals surface area contributed by atoms with Crippen LogP contribution in [-0.4, -0.2) is 66.4 Å². The Morgan fingerprint density at radius 3 is 2.58 bits per heavy atom. The maximum absolute atomic E-state index is 6.14. The molecule has 0 aliphatic carbocycles. The van der Waals surface area contributed by atoms with Crippen molar-refractivity contribution in [2.24, 2.45) is 0 Å². The van der Waals surface area contributed by atoms with Crippen LogP contribution in [0.1, 0.15) is 17.7 Å². The topological polar surface area (TPSA) is 90.9 Å². The summed E-state index contributed by atoms with van der Waals surface area (Å²) in [4.78, 5) is 15.6. The molecule has 0 amide bonds. The van der Waals surface area contributed by atoms with Gasteiger partial charge in [-0.1, -0.05) is 0 Å². The summed E-state index contributed by atoms with van der Waals surface area (Å²) in [7, 11) is 1.64. The number of rotatable bonds is 10. The molecule has 9 heteroatoms. The Bertz CT molecular complexity index is 1370. The van der Waals surface area contributed by atoms with Crippen LogP contribution in [0.4, 0.5) is 11.5 Å². The molecule has 0 atom stereocenters. The van der Waals surface area contributed by atoms with Gasteiger partial charge in [-0.25, -0.2) is 9.97 Å². The van der Waals surface area contributed by atoms with E-state index >= 15 is 0 Å². The van der Waals surface area contributed by atoms with E-state index in [1.165, 1.54) is 0 Å². The van der Waals surface area contributed by atoms with Gasteiger partial charge in [0.25, 0.3) is 0 Å². The van der Waals surface area contributed by atoms with Crippen molar-refractivity contribution in [1.29, 1.82) is 0 Å². The lowest BCUT2D eigenvalue weighted by Crippen LogP contribution is -2.37. The zero-order valence-electron chi connectivity index (χ0n) is 22.1. The van der Waals surface area contributed by atoms with Gasteiger partial charge in [-0.3, -0.25) is 9.88 Å². The van der Waals surface area contributed by atoms with Crippen LogP contribution in [0.5, 0.6) is 23.0 Å². The third-order valence-corrected chi connectivity index (χ3v) is 6.45. The summed E-state index contributed by atoms with van der Waals surface area (Å²) in [5.74, 6) is 3.48. The van der Waals surface area contributed by atoms with Gasteiger partial charge in [-0.05, 0) is 62.2 Å². The Morgan fingerprint density at radius 1 is 0.947 bits per heavy atom. The average Bonchev–Trinajstić information content (AvgIpc) is 2.94. The first-order chi connectivity index (χ1) is 18.6. The largest absolute Gasteiger partial charge is 0.493 e. The summed E-state index contributed by atoms with van der Waals surface area (Å²) in [6, 6.07) is 13.6. The van der Waals surface area contributed by atoms with Gasteiger partial charge in [0.05, 0.1) is 38.6 Å². The molecule has 1 saturated heterocycles. The van der Waals surface area contributed by atoms with Crippen LogP contribution in [-0.2, 0) is 4.74 Å². The van der Waals surface area contributed by atoms with E-state index in [9.17, 15) is 0 Å². The highest BCUT2D eigenvalue weighted by Gasteiger charge is 2.14. The smallest absolute Gasteiger partial charge is 0.162 e. The molecular formula is C29H33N5O4. The number of aromatic nitrogens is 3. The second-order valence-electron chi connectivity index (χ2n) is 9.24. The fourth-order valence-corrected chi connectivity index (χ4v) is 4.35. The van der Waals surface area contributed by atoms with Crippen molar-refractivity contribution >= 4 is 22.4 Å². The molecule has 5 rings (SSSR count). The zero-order chi connectivity index (χ0) is 26.3. The maximum Gasteiger partial charge on any atom is 0.162 e. The van der Waals surface area contributed by atoms with E-state index in [1.54, 1.807) is 19.6 Å². The van der Waals surface area contributed by atoms with E-state index in [0.29, 0.717) is 29.7 Å². The van der Waals surface area contributed by atoms with Crippen LogP contribution < -0.4 is 19.5 Å². The van der Waals surface area contributed by atoms with E-state index in [0.717, 1.165) is 72.9 Å². The molecule has 1 fully saturated rings. The second-order valence-corrected chi connectivity index (χ2v) is 9.24. The number of nitrogens with zero attached hydrogens (tertiary/aromatic N) is 4. The van der Waals surface area contributed by atoms with Gasteiger partial charge in [0.15, 0.2) is 11.5 Å². The highest BCUT2D eigenvalue weighted by atomic mass is 16.5. The van der Waals surface area contributed by atoms with Crippen molar-refractivity contribution in [3.63, 3.8) is 0 Å². The molecule has 2 aromatic heterocycles. The SMILES string of the molecule is COc1cc2ncnc(Nc3ccc(Oc4ccc(C)nc4)c(C)c3)c2cc1OCCCN1CCOCC1. The molecule has 1 N–H and O–H groups in total. The lowest BCUT2D eigenvalue weighted by Gasteiger charge is -2.26. The monoisotopic (exact) mass is 515 g/mol. The van der Waals surface area contributed by atoms with E-state index < -0.39 is 0 Å². The minimum absolute atomic E-state index is 0.590. The zero-order valence-corrected chi connectivity index (χ0v) is 22.1. The second kappa shape index (κ2) is 12.1. The molecule has 38 heavy (non-hydrogen) atoms. The third kappa shape index (κ3) is 6.30. The predicted molar refractivity (Wildman–Crippen MR) is 147 cm³/mol. The van der Waals surface area contributed by atoms with E-state index in [2.05, 4.69) is 25.2 Å². The molecule has 0 radical (unpaired) electrons. The van der Waals surface area contributed by atoms with Gasteiger partial charge in [-0.2, -0.15) is 0 Å². The van der Waals surface area contributed by atoms with E-state index in [1.807, 2.05) is 56.3 Å². The molecule has 198 valence electrons. The average molecular weight is 516 g/mol. The van der Waals surface area contributed by atoms with Gasteiger partial charge < -0.3 is 24.3 Å². The quantitative estimate of drug-likeness (QED) is 0.283. The lowest BCUT2D eigenvalue weighted by molar-refractivity contribution is 0.0357. The molecule has 2 aromatic carbocycles. The van der Waals surface area contributed by atoms with Crippen LogP contribution in [0, 0.1) is 13.8 Å². The van der Waals surface area contributed by atoms with Crippen LogP contribution >= 0.6 is 0 Å². The Kier molecular flexibility index (Phi) is 8.15. The minimum atomic E-state index is 0.590. The number of benzene rings is 2. The number of aryl methyl sites for hydroxylation is 2. The standard InChI is InChI=1S/C29H33N5O4/c1-20-15-22(6-8-26(20)38-23-7-5-21(2)30-18-23)33-29-24-16-28(27(35-3)17-25(24)31-19-32-29)37-12-4-9-34-10-13-36-14-11-34/h5-8,15-19H,4,9-14H2,1-3H3,(H,31,32,33). The third-order valence-electron chi connectivity index (χ3n) is 6.45. The summed E-state index contributed by atoms with van der Waals surface area (Å²) in [6.07, 6.45) is 4.19. The number of fused-ring (bicyclic) bond motifs is 1. The lowest BCUT2D eigenvalue weighted by atomic mass is 10.1. The number of pyridine rings is 1. The molecule has 4 aromatic rings. The Balaban J connectivity index is 1.30. The first-order valence-corrected chi connectivity index (χ1v) is 12.8. The predicted octanol–water partition coefficient (Wildman–Crippen LogP) is 5.29. The fraction of sp³-hybridized carbons (Fsp3) is 0.345. The van der Waals surface area contributed by atoms with Gasteiger partial charge in [0.1, 0.15) is 23.6 Å². The van der Waals surface area contributed by atoms with Gasteiger partial charge in [-0.15, -0.1) is 0 Å².